The van der Waals surface area contributed by atoms with Crippen LogP contribution in [0.5, 0.6) is 0 Å². The second kappa shape index (κ2) is 4.36. The lowest BCUT2D eigenvalue weighted by Crippen LogP contribution is -2.55. The number of aromatic nitrogens is 2. The summed E-state index contributed by atoms with van der Waals surface area (Å²) in [7, 11) is 1.50. The minimum absolute atomic E-state index is 0.0285. The molecule has 1 amide bonds. The maximum atomic E-state index is 12.1. The zero-order valence-corrected chi connectivity index (χ0v) is 11.4. The summed E-state index contributed by atoms with van der Waals surface area (Å²) < 4.78 is 27.0. The van der Waals surface area contributed by atoms with Gasteiger partial charge >= 0.3 is 0 Å². The third-order valence-electron chi connectivity index (χ3n) is 2.92. The summed E-state index contributed by atoms with van der Waals surface area (Å²) in [6.07, 6.45) is 2.89. The molecule has 1 aliphatic heterocycles. The van der Waals surface area contributed by atoms with E-state index in [-0.39, 0.29) is 29.9 Å². The van der Waals surface area contributed by atoms with Gasteiger partial charge in [0, 0.05) is 40.4 Å². The van der Waals surface area contributed by atoms with Crippen LogP contribution < -0.4 is 0 Å². The van der Waals surface area contributed by atoms with Crippen molar-refractivity contribution in [1.82, 2.24) is 18.8 Å². The van der Waals surface area contributed by atoms with Gasteiger partial charge < -0.3 is 9.47 Å². The van der Waals surface area contributed by atoms with Crippen LogP contribution in [0.25, 0.3) is 0 Å². The third-order valence-corrected chi connectivity index (χ3v) is 4.64. The highest BCUT2D eigenvalue weighted by Crippen LogP contribution is 2.24. The first-order chi connectivity index (χ1) is 8.32. The number of nitrogens with zero attached hydrogens (tertiary/aromatic N) is 4. The normalized spacial score (nSPS) is 17.5. The van der Waals surface area contributed by atoms with Gasteiger partial charge in [0.15, 0.2) is 5.03 Å². The van der Waals surface area contributed by atoms with E-state index < -0.39 is 10.0 Å². The molecule has 8 heteroatoms. The molecule has 0 bridgehead atoms. The maximum absolute atomic E-state index is 12.1. The molecule has 1 fully saturated rings. The first-order valence-electron chi connectivity index (χ1n) is 5.51. The van der Waals surface area contributed by atoms with E-state index >= 15 is 0 Å². The van der Waals surface area contributed by atoms with E-state index in [2.05, 4.69) is 4.98 Å². The van der Waals surface area contributed by atoms with E-state index in [1.165, 1.54) is 21.7 Å². The Bertz CT molecular complexity index is 557. The first kappa shape index (κ1) is 13.0. The molecule has 1 aromatic heterocycles. The summed E-state index contributed by atoms with van der Waals surface area (Å²) in [6, 6.07) is 0. The van der Waals surface area contributed by atoms with Gasteiger partial charge in [-0.2, -0.15) is 4.31 Å². The summed E-state index contributed by atoms with van der Waals surface area (Å²) >= 11 is 0. The van der Waals surface area contributed by atoms with Crippen molar-refractivity contribution in [3.05, 3.63) is 12.5 Å². The van der Waals surface area contributed by atoms with Crippen molar-refractivity contribution < 1.29 is 13.2 Å². The molecular weight excluding hydrogens is 256 g/mol. The second-order valence-corrected chi connectivity index (χ2v) is 6.51. The van der Waals surface area contributed by atoms with E-state index in [9.17, 15) is 13.2 Å². The molecule has 0 unspecified atom stereocenters. The molecule has 1 aliphatic rings. The zero-order valence-electron chi connectivity index (χ0n) is 10.6. The summed E-state index contributed by atoms with van der Waals surface area (Å²) in [5, 5.41) is 0.0285. The van der Waals surface area contributed by atoms with Crippen molar-refractivity contribution in [2.45, 2.75) is 5.03 Å². The Morgan fingerprint density at radius 2 is 2.06 bits per heavy atom. The van der Waals surface area contributed by atoms with Gasteiger partial charge in [0.2, 0.25) is 5.91 Å². The number of amides is 1. The molecule has 0 saturated carbocycles. The highest BCUT2D eigenvalue weighted by molar-refractivity contribution is 7.89. The monoisotopic (exact) mass is 272 g/mol. The van der Waals surface area contributed by atoms with E-state index in [1.807, 2.05) is 0 Å². The molecule has 18 heavy (non-hydrogen) atoms. The smallest absolute Gasteiger partial charge is 0.262 e. The van der Waals surface area contributed by atoms with Crippen LogP contribution in [0, 0.1) is 5.92 Å². The molecule has 2 rings (SSSR count). The summed E-state index contributed by atoms with van der Waals surface area (Å²) in [6.45, 7) is 0.464. The molecule has 0 radical (unpaired) electrons. The van der Waals surface area contributed by atoms with Gasteiger partial charge in [-0.05, 0) is 0 Å². The van der Waals surface area contributed by atoms with Crippen LogP contribution in [-0.4, -0.2) is 60.3 Å². The molecule has 0 aromatic carbocycles. The maximum Gasteiger partial charge on any atom is 0.262 e. The molecule has 7 nitrogen and oxygen atoms in total. The topological polar surface area (TPSA) is 75.5 Å². The number of aryl methyl sites for hydroxylation is 1. The predicted molar refractivity (Wildman–Crippen MR) is 64.2 cm³/mol. The predicted octanol–water partition coefficient (Wildman–Crippen LogP) is -0.871. The number of carbonyl (C=O) groups is 1. The Labute approximate surface area is 106 Å². The van der Waals surface area contributed by atoms with Gasteiger partial charge in [-0.3, -0.25) is 4.79 Å². The minimum Gasteiger partial charge on any atom is -0.348 e. The van der Waals surface area contributed by atoms with Crippen molar-refractivity contribution >= 4 is 15.9 Å². The third kappa shape index (κ3) is 2.13. The standard InChI is InChI=1S/C10H16N4O3S/c1-12(2)10(15)8-4-14(5-8)18(16,17)9-6-13(3)7-11-9/h6-8H,4-5H2,1-3H3. The van der Waals surface area contributed by atoms with Gasteiger partial charge in [0.1, 0.15) is 0 Å². The minimum atomic E-state index is -3.54. The Kier molecular flexibility index (Phi) is 3.16. The fraction of sp³-hybridized carbons (Fsp3) is 0.600. The Morgan fingerprint density at radius 1 is 1.44 bits per heavy atom. The zero-order chi connectivity index (χ0) is 13.5. The fourth-order valence-corrected chi connectivity index (χ4v) is 3.31. The lowest BCUT2D eigenvalue weighted by molar-refractivity contribution is -0.136. The summed E-state index contributed by atoms with van der Waals surface area (Å²) in [5.74, 6) is -0.277. The van der Waals surface area contributed by atoms with Crippen molar-refractivity contribution in [3.8, 4) is 0 Å². The van der Waals surface area contributed by atoms with Crippen molar-refractivity contribution in [2.24, 2.45) is 13.0 Å². The average molecular weight is 272 g/mol. The van der Waals surface area contributed by atoms with Crippen LogP contribution in [-0.2, 0) is 21.9 Å². The molecule has 0 atom stereocenters. The van der Waals surface area contributed by atoms with Crippen molar-refractivity contribution in [2.75, 3.05) is 27.2 Å². The number of sulfonamides is 1. The molecule has 0 spiro atoms. The lowest BCUT2D eigenvalue weighted by Gasteiger charge is -2.37. The molecule has 100 valence electrons. The molecule has 0 aliphatic carbocycles. The summed E-state index contributed by atoms with van der Waals surface area (Å²) in [4.78, 5) is 16.9. The number of imidazole rings is 1. The molecule has 2 heterocycles. The quantitative estimate of drug-likeness (QED) is 0.717. The second-order valence-electron chi connectivity index (χ2n) is 4.63. The van der Waals surface area contributed by atoms with Crippen LogP contribution in [0.4, 0.5) is 0 Å². The van der Waals surface area contributed by atoms with Crippen LogP contribution in [0.2, 0.25) is 0 Å². The molecule has 0 N–H and O–H groups in total. The van der Waals surface area contributed by atoms with Crippen LogP contribution in [0.15, 0.2) is 17.6 Å². The highest BCUT2D eigenvalue weighted by Gasteiger charge is 2.41. The van der Waals surface area contributed by atoms with Crippen molar-refractivity contribution in [1.29, 1.82) is 0 Å². The first-order valence-corrected chi connectivity index (χ1v) is 6.95. The van der Waals surface area contributed by atoms with Crippen LogP contribution >= 0.6 is 0 Å². The van der Waals surface area contributed by atoms with E-state index in [4.69, 9.17) is 0 Å². The Balaban J connectivity index is 2.06. The fourth-order valence-electron chi connectivity index (χ4n) is 1.81. The van der Waals surface area contributed by atoms with Gasteiger partial charge in [0.25, 0.3) is 10.0 Å². The van der Waals surface area contributed by atoms with E-state index in [0.717, 1.165) is 0 Å². The van der Waals surface area contributed by atoms with Crippen molar-refractivity contribution in [3.63, 3.8) is 0 Å². The number of carbonyl (C=O) groups excluding carboxylic acids is 1. The van der Waals surface area contributed by atoms with Gasteiger partial charge in [-0.25, -0.2) is 13.4 Å². The van der Waals surface area contributed by atoms with Gasteiger partial charge in [-0.15, -0.1) is 0 Å². The largest absolute Gasteiger partial charge is 0.348 e. The van der Waals surface area contributed by atoms with Crippen LogP contribution in [0.1, 0.15) is 0 Å². The molecule has 1 aromatic rings. The SMILES string of the molecule is CN(C)C(=O)C1CN(S(=O)(=O)c2cn(C)cn2)C1. The lowest BCUT2D eigenvalue weighted by atomic mass is 10.0. The molecular formula is C10H16N4O3S. The van der Waals surface area contributed by atoms with E-state index in [1.54, 1.807) is 25.7 Å². The average Bonchev–Trinajstić information content (AvgIpc) is 2.62. The van der Waals surface area contributed by atoms with Gasteiger partial charge in [0.05, 0.1) is 12.2 Å². The highest BCUT2D eigenvalue weighted by atomic mass is 32.2. The van der Waals surface area contributed by atoms with Crippen LogP contribution in [0.3, 0.4) is 0 Å². The number of hydrogen-bond acceptors (Lipinski definition) is 4. The van der Waals surface area contributed by atoms with Gasteiger partial charge in [-0.1, -0.05) is 0 Å². The number of hydrogen-bond donors (Lipinski definition) is 0. The summed E-state index contributed by atoms with van der Waals surface area (Å²) in [5.41, 5.74) is 0. The number of rotatable bonds is 3. The Hall–Kier alpha value is -1.41. The molecule has 1 saturated heterocycles. The Morgan fingerprint density at radius 3 is 2.50 bits per heavy atom. The van der Waals surface area contributed by atoms with E-state index in [0.29, 0.717) is 0 Å².